The largest absolute Gasteiger partial charge is 0.494 e. The number of aromatic nitrogens is 2. The van der Waals surface area contributed by atoms with Gasteiger partial charge in [0.05, 0.1) is 29.6 Å². The van der Waals surface area contributed by atoms with Crippen LogP contribution in [-0.4, -0.2) is 16.6 Å². The zero-order chi connectivity index (χ0) is 27.5. The highest BCUT2D eigenvalue weighted by atomic mass is 16.5. The Kier molecular flexibility index (Phi) is 9.80. The third-order valence-corrected chi connectivity index (χ3v) is 6.62. The topological polar surface area (TPSA) is 58.8 Å². The molecular weight excluding hydrogens is 478 g/mol. The number of hydrogen-bond donors (Lipinski definition) is 0. The van der Waals surface area contributed by atoms with Crippen molar-refractivity contribution >= 4 is 24.3 Å². The Labute approximate surface area is 232 Å². The Morgan fingerprint density at radius 2 is 1.26 bits per heavy atom. The Morgan fingerprint density at radius 3 is 1.74 bits per heavy atom. The highest BCUT2D eigenvalue weighted by molar-refractivity contribution is 5.74. The van der Waals surface area contributed by atoms with Gasteiger partial charge in [0.25, 0.3) is 0 Å². The van der Waals surface area contributed by atoms with Crippen LogP contribution in [0.25, 0.3) is 35.4 Å². The van der Waals surface area contributed by atoms with Gasteiger partial charge in [0.2, 0.25) is 0 Å². The Bertz CT molecular complexity index is 1480. The minimum Gasteiger partial charge on any atom is -0.494 e. The molecule has 196 valence electrons. The number of nitriles is 1. The summed E-state index contributed by atoms with van der Waals surface area (Å²) in [7, 11) is 0. The Balaban J connectivity index is 1.38. The van der Waals surface area contributed by atoms with E-state index in [0.29, 0.717) is 5.56 Å². The van der Waals surface area contributed by atoms with Crippen molar-refractivity contribution in [3.63, 3.8) is 0 Å². The minimum absolute atomic E-state index is 0.656. The van der Waals surface area contributed by atoms with Crippen molar-refractivity contribution in [2.75, 3.05) is 6.61 Å². The highest BCUT2D eigenvalue weighted by Gasteiger charge is 2.06. The zero-order valence-corrected chi connectivity index (χ0v) is 23.0. The third kappa shape index (κ3) is 7.99. The summed E-state index contributed by atoms with van der Waals surface area (Å²) in [6.07, 6.45) is 16.8. The summed E-state index contributed by atoms with van der Waals surface area (Å²) in [5.74, 6) is 0.918. The summed E-state index contributed by atoms with van der Waals surface area (Å²) in [4.78, 5) is 9.40. The molecule has 4 aromatic rings. The maximum atomic E-state index is 8.96. The molecule has 0 bridgehead atoms. The second-order valence-corrected chi connectivity index (χ2v) is 9.73. The summed E-state index contributed by atoms with van der Waals surface area (Å²) in [5, 5.41) is 8.96. The van der Waals surface area contributed by atoms with Gasteiger partial charge in [0.15, 0.2) is 0 Å². The van der Waals surface area contributed by atoms with Crippen LogP contribution < -0.4 is 4.74 Å². The quantitative estimate of drug-likeness (QED) is 0.188. The molecule has 4 heteroatoms. The van der Waals surface area contributed by atoms with E-state index in [9.17, 15) is 0 Å². The first-order valence-corrected chi connectivity index (χ1v) is 13.6. The smallest absolute Gasteiger partial charge is 0.119 e. The van der Waals surface area contributed by atoms with E-state index in [0.717, 1.165) is 63.5 Å². The first-order chi connectivity index (χ1) is 19.1. The maximum absolute atomic E-state index is 8.96. The predicted molar refractivity (Wildman–Crippen MR) is 162 cm³/mol. The summed E-state index contributed by atoms with van der Waals surface area (Å²) in [5.41, 5.74) is 8.95. The van der Waals surface area contributed by atoms with Gasteiger partial charge in [-0.1, -0.05) is 62.6 Å². The molecule has 0 radical (unpaired) electrons. The van der Waals surface area contributed by atoms with Crippen molar-refractivity contribution in [2.45, 2.75) is 46.5 Å². The molecule has 4 nitrogen and oxygen atoms in total. The van der Waals surface area contributed by atoms with Crippen molar-refractivity contribution in [1.29, 1.82) is 5.26 Å². The lowest BCUT2D eigenvalue weighted by Crippen LogP contribution is -1.96. The normalized spacial score (nSPS) is 11.2. The lowest BCUT2D eigenvalue weighted by molar-refractivity contribution is 0.305. The molecule has 0 saturated carbocycles. The van der Waals surface area contributed by atoms with Crippen LogP contribution in [0, 0.1) is 25.2 Å². The van der Waals surface area contributed by atoms with Crippen LogP contribution >= 0.6 is 0 Å². The minimum atomic E-state index is 0.656. The van der Waals surface area contributed by atoms with E-state index in [2.05, 4.69) is 68.2 Å². The fraction of sp³-hybridized carbons (Fsp3) is 0.229. The van der Waals surface area contributed by atoms with E-state index in [4.69, 9.17) is 15.0 Å². The first-order valence-electron chi connectivity index (χ1n) is 13.6. The maximum Gasteiger partial charge on any atom is 0.119 e. The molecule has 39 heavy (non-hydrogen) atoms. The van der Waals surface area contributed by atoms with Crippen LogP contribution in [0.2, 0.25) is 0 Å². The van der Waals surface area contributed by atoms with Crippen molar-refractivity contribution in [1.82, 2.24) is 9.97 Å². The van der Waals surface area contributed by atoms with Gasteiger partial charge in [0, 0.05) is 23.5 Å². The van der Waals surface area contributed by atoms with Gasteiger partial charge in [-0.25, -0.2) is 0 Å². The van der Waals surface area contributed by atoms with E-state index in [-0.39, 0.29) is 0 Å². The molecule has 0 saturated heterocycles. The Morgan fingerprint density at radius 1 is 0.718 bits per heavy atom. The second-order valence-electron chi connectivity index (χ2n) is 9.73. The van der Waals surface area contributed by atoms with Crippen LogP contribution in [0.1, 0.15) is 71.8 Å². The van der Waals surface area contributed by atoms with Crippen LogP contribution in [-0.2, 0) is 0 Å². The third-order valence-electron chi connectivity index (χ3n) is 6.62. The number of unbranched alkanes of at least 4 members (excludes halogenated alkanes) is 3. The molecule has 2 aromatic carbocycles. The number of benzene rings is 2. The van der Waals surface area contributed by atoms with Gasteiger partial charge in [-0.2, -0.15) is 5.26 Å². The van der Waals surface area contributed by atoms with Gasteiger partial charge < -0.3 is 4.74 Å². The van der Waals surface area contributed by atoms with E-state index >= 15 is 0 Å². The van der Waals surface area contributed by atoms with Gasteiger partial charge in [0.1, 0.15) is 5.75 Å². The number of hydrogen-bond acceptors (Lipinski definition) is 4. The lowest BCUT2D eigenvalue weighted by atomic mass is 10.0. The number of nitrogens with zero attached hydrogens (tertiary/aromatic N) is 3. The molecule has 2 heterocycles. The van der Waals surface area contributed by atoms with Crippen molar-refractivity contribution < 1.29 is 4.74 Å². The zero-order valence-electron chi connectivity index (χ0n) is 23.0. The van der Waals surface area contributed by atoms with Crippen LogP contribution in [0.5, 0.6) is 5.75 Å². The molecule has 0 N–H and O–H groups in total. The lowest BCUT2D eigenvalue weighted by Gasteiger charge is -2.08. The summed E-state index contributed by atoms with van der Waals surface area (Å²) in [6, 6.07) is 22.2. The van der Waals surface area contributed by atoms with Crippen molar-refractivity contribution in [2.24, 2.45) is 0 Å². The molecule has 2 aromatic heterocycles. The number of ether oxygens (including phenoxy) is 1. The van der Waals surface area contributed by atoms with Crippen molar-refractivity contribution in [3.8, 4) is 22.9 Å². The average molecular weight is 514 g/mol. The van der Waals surface area contributed by atoms with Gasteiger partial charge in [-0.15, -0.1) is 0 Å². The molecule has 0 unspecified atom stereocenters. The van der Waals surface area contributed by atoms with Crippen molar-refractivity contribution in [3.05, 3.63) is 112 Å². The Hall–Kier alpha value is -4.49. The first kappa shape index (κ1) is 27.5. The SMILES string of the molecule is CCCCCCOc1ccc(/C=C/c2ncc(-c3cnc(/C=C/c4ccc(C#N)cc4)c(C)c3)cc2C)cc1. The standard InChI is InChI=1S/C35H35N3O/c1-4-5-6-7-20-39-33-16-12-29(13-17-33)15-19-35-27(3)22-32(25-38-35)31-21-26(2)34(37-24-31)18-14-28-8-10-30(23-36)11-9-28/h8-19,21-22,24-25H,4-7,20H2,1-3H3/b18-14+,19-15+. The highest BCUT2D eigenvalue weighted by Crippen LogP contribution is 2.24. The molecular formula is C35H35N3O. The molecule has 0 aliphatic rings. The molecule has 0 aliphatic carbocycles. The molecule has 0 atom stereocenters. The average Bonchev–Trinajstić information content (AvgIpc) is 2.96. The molecule has 0 amide bonds. The number of pyridine rings is 2. The molecule has 4 rings (SSSR count). The summed E-state index contributed by atoms with van der Waals surface area (Å²) in [6.45, 7) is 7.14. The van der Waals surface area contributed by atoms with Gasteiger partial charge in [-0.05, 0) is 91.1 Å². The van der Waals surface area contributed by atoms with Crippen LogP contribution in [0.3, 0.4) is 0 Å². The summed E-state index contributed by atoms with van der Waals surface area (Å²) >= 11 is 0. The summed E-state index contributed by atoms with van der Waals surface area (Å²) < 4.78 is 5.85. The fourth-order valence-electron chi connectivity index (χ4n) is 4.25. The second kappa shape index (κ2) is 13.9. The van der Waals surface area contributed by atoms with E-state index in [1.807, 2.05) is 60.9 Å². The van der Waals surface area contributed by atoms with Crippen LogP contribution in [0.4, 0.5) is 0 Å². The molecule has 0 fully saturated rings. The van der Waals surface area contributed by atoms with E-state index in [1.54, 1.807) is 0 Å². The van der Waals surface area contributed by atoms with Gasteiger partial charge in [-0.3, -0.25) is 9.97 Å². The predicted octanol–water partition coefficient (Wildman–Crippen LogP) is 8.93. The molecule has 0 aliphatic heterocycles. The van der Waals surface area contributed by atoms with E-state index in [1.165, 1.54) is 19.3 Å². The molecule has 0 spiro atoms. The van der Waals surface area contributed by atoms with E-state index < -0.39 is 0 Å². The monoisotopic (exact) mass is 513 g/mol. The fourth-order valence-corrected chi connectivity index (χ4v) is 4.25. The number of aryl methyl sites for hydroxylation is 2. The van der Waals surface area contributed by atoms with Crippen LogP contribution in [0.15, 0.2) is 73.1 Å². The van der Waals surface area contributed by atoms with Gasteiger partial charge >= 0.3 is 0 Å². The number of rotatable bonds is 11.